The van der Waals surface area contributed by atoms with Crippen molar-refractivity contribution < 1.29 is 33.3 Å². The molecule has 1 aromatic carbocycles. The molecule has 0 fully saturated rings. The number of benzene rings is 1. The van der Waals surface area contributed by atoms with Crippen LogP contribution in [-0.2, 0) is 5.41 Å². The highest BCUT2D eigenvalue weighted by Crippen LogP contribution is 3.04. The molecular formula is C14H17F6N3O2S. The lowest BCUT2D eigenvalue weighted by Gasteiger charge is -2.42. The number of hydrogen-bond acceptors (Lipinski definition) is 5. The molecule has 12 heteroatoms. The molecule has 0 aliphatic rings. The summed E-state index contributed by atoms with van der Waals surface area (Å²) < 4.78 is 92.3. The molecule has 0 amide bonds. The monoisotopic (exact) mass is 405 g/mol. The Morgan fingerprint density at radius 1 is 0.923 bits per heavy atom. The van der Waals surface area contributed by atoms with Gasteiger partial charge in [0.1, 0.15) is 17.2 Å². The van der Waals surface area contributed by atoms with E-state index >= 15 is 0 Å². The number of nitrogen functional groups attached to an aromatic ring is 1. The molecule has 0 aliphatic heterocycles. The zero-order valence-electron chi connectivity index (χ0n) is 14.5. The van der Waals surface area contributed by atoms with E-state index in [4.69, 9.17) is 5.73 Å². The second-order valence-corrected chi connectivity index (χ2v) is 8.93. The van der Waals surface area contributed by atoms with Gasteiger partial charge in [-0.2, -0.15) is 0 Å². The van der Waals surface area contributed by atoms with Crippen LogP contribution in [0.3, 0.4) is 0 Å². The summed E-state index contributed by atoms with van der Waals surface area (Å²) in [4.78, 5) is 4.87. The molecule has 148 valence electrons. The molecule has 2 rings (SSSR count). The number of nitrogens with two attached hydrogens (primary N) is 1. The number of fused-ring (bicyclic) bond motifs is 1. The van der Waals surface area contributed by atoms with E-state index in [1.165, 1.54) is 0 Å². The van der Waals surface area contributed by atoms with Crippen LogP contribution in [0.15, 0.2) is 4.90 Å². The number of halogens is 6. The first kappa shape index (κ1) is 20.2. The van der Waals surface area contributed by atoms with Crippen LogP contribution in [0.1, 0.15) is 26.6 Å². The van der Waals surface area contributed by atoms with Gasteiger partial charge in [0.05, 0.1) is 19.6 Å². The molecule has 1 heterocycles. The van der Waals surface area contributed by atoms with Crippen LogP contribution in [0.5, 0.6) is 11.5 Å². The topological polar surface area (TPSA) is 70.3 Å². The molecule has 2 N–H and O–H groups in total. The van der Waals surface area contributed by atoms with E-state index in [1.807, 2.05) is 0 Å². The van der Waals surface area contributed by atoms with Gasteiger partial charge < -0.3 is 15.2 Å². The predicted molar refractivity (Wildman–Crippen MR) is 87.1 cm³/mol. The summed E-state index contributed by atoms with van der Waals surface area (Å²) in [6.07, 6.45) is 0. The molecule has 0 radical (unpaired) electrons. The number of nitrogens with zero attached hydrogens (tertiary/aromatic N) is 2. The van der Waals surface area contributed by atoms with Gasteiger partial charge in [-0.15, -0.1) is 0 Å². The third kappa shape index (κ3) is 3.29. The Morgan fingerprint density at radius 2 is 1.42 bits per heavy atom. The first-order valence-electron chi connectivity index (χ1n) is 7.07. The van der Waals surface area contributed by atoms with Crippen molar-refractivity contribution >= 4 is 26.9 Å². The summed E-state index contributed by atoms with van der Waals surface area (Å²) in [5.41, 5.74) is 3.66. The van der Waals surface area contributed by atoms with E-state index in [0.29, 0.717) is 7.11 Å². The minimum atomic E-state index is -10.4. The second kappa shape index (κ2) is 4.99. The summed E-state index contributed by atoms with van der Waals surface area (Å²) in [5.74, 6) is -5.15. The number of ether oxygens (including phenoxy) is 2. The van der Waals surface area contributed by atoms with Crippen molar-refractivity contribution in [3.63, 3.8) is 0 Å². The summed E-state index contributed by atoms with van der Waals surface area (Å²) in [5, 5.41) is -1.37. The van der Waals surface area contributed by atoms with E-state index in [-0.39, 0.29) is 5.82 Å². The van der Waals surface area contributed by atoms with Gasteiger partial charge in [0.2, 0.25) is 5.75 Å². The van der Waals surface area contributed by atoms with Crippen LogP contribution in [0, 0.1) is 5.82 Å². The number of aromatic nitrogens is 2. The lowest BCUT2D eigenvalue weighted by molar-refractivity contribution is 0.316. The molecule has 0 bridgehead atoms. The molecule has 2 aromatic rings. The Morgan fingerprint density at radius 3 is 1.81 bits per heavy atom. The molecule has 0 unspecified atom stereocenters. The third-order valence-electron chi connectivity index (χ3n) is 3.45. The fourth-order valence-corrected chi connectivity index (χ4v) is 3.47. The summed E-state index contributed by atoms with van der Waals surface area (Å²) in [7, 11) is -8.90. The average molecular weight is 405 g/mol. The molecular weight excluding hydrogens is 388 g/mol. The number of hydrogen-bond donors (Lipinski definition) is 1. The van der Waals surface area contributed by atoms with Crippen molar-refractivity contribution in [1.82, 2.24) is 9.97 Å². The Hall–Kier alpha value is -2.11. The lowest BCUT2D eigenvalue weighted by Crippen LogP contribution is -2.19. The first-order valence-corrected chi connectivity index (χ1v) is 9.02. The molecule has 1 aromatic heterocycles. The molecule has 26 heavy (non-hydrogen) atoms. The van der Waals surface area contributed by atoms with Crippen LogP contribution in [-0.4, -0.2) is 24.2 Å². The number of anilines is 1. The fraction of sp³-hybridized carbons (Fsp3) is 0.429. The van der Waals surface area contributed by atoms with Crippen LogP contribution in [0.25, 0.3) is 10.9 Å². The van der Waals surface area contributed by atoms with E-state index in [0.717, 1.165) is 7.11 Å². The highest BCUT2D eigenvalue weighted by Gasteiger charge is 2.69. The smallest absolute Gasteiger partial charge is 0.314 e. The normalized spacial score (nSPS) is 15.5. The SMILES string of the molecule is COc1c(OC)c(S(F)(F)(F)(F)F)c2c(N)nc(C(C)(C)C)nc2c1F. The zero-order valence-corrected chi connectivity index (χ0v) is 15.3. The minimum Gasteiger partial charge on any atom is -0.491 e. The van der Waals surface area contributed by atoms with Gasteiger partial charge in [0, 0.05) is 5.41 Å². The molecule has 0 atom stereocenters. The Labute approximate surface area is 145 Å². The van der Waals surface area contributed by atoms with Crippen molar-refractivity contribution in [3.05, 3.63) is 11.6 Å². The molecule has 5 nitrogen and oxygen atoms in total. The van der Waals surface area contributed by atoms with Crippen molar-refractivity contribution in [2.45, 2.75) is 31.1 Å². The Kier molecular flexibility index (Phi) is 3.88. The van der Waals surface area contributed by atoms with E-state index in [2.05, 4.69) is 19.4 Å². The quantitative estimate of drug-likeness (QED) is 0.700. The molecule has 0 saturated carbocycles. The standard InChI is InChI=1S/C14H17F6N3O2S/c1-14(2,3)13-22-8-6(12(21)23-13)11(26(16,17,18,19)20)10(25-5)9(24-4)7(8)15/h1-5H3,(H2,21,22,23). The van der Waals surface area contributed by atoms with Crippen LogP contribution in [0.4, 0.5) is 29.6 Å². The predicted octanol–water partition coefficient (Wildman–Crippen LogP) is 5.32. The molecule has 0 aliphatic carbocycles. The van der Waals surface area contributed by atoms with Gasteiger partial charge in [-0.3, -0.25) is 0 Å². The van der Waals surface area contributed by atoms with Crippen LogP contribution >= 0.6 is 10.2 Å². The molecule has 0 spiro atoms. The van der Waals surface area contributed by atoms with E-state index in [1.54, 1.807) is 20.8 Å². The maximum absolute atomic E-state index is 14.7. The van der Waals surface area contributed by atoms with Gasteiger partial charge in [0.15, 0.2) is 16.5 Å². The fourth-order valence-electron chi connectivity index (χ4n) is 2.36. The third-order valence-corrected chi connectivity index (χ3v) is 4.61. The Bertz CT molecular complexity index is 910. The Balaban J connectivity index is 3.25. The highest BCUT2D eigenvalue weighted by molar-refractivity contribution is 8.46. The van der Waals surface area contributed by atoms with E-state index < -0.39 is 54.6 Å². The van der Waals surface area contributed by atoms with Crippen molar-refractivity contribution in [2.24, 2.45) is 0 Å². The molecule has 0 saturated heterocycles. The van der Waals surface area contributed by atoms with Gasteiger partial charge in [-0.05, 0) is 0 Å². The van der Waals surface area contributed by atoms with Crippen molar-refractivity contribution in [2.75, 3.05) is 20.0 Å². The first-order chi connectivity index (χ1) is 11.4. The van der Waals surface area contributed by atoms with Crippen molar-refractivity contribution in [1.29, 1.82) is 0 Å². The maximum atomic E-state index is 14.7. The van der Waals surface area contributed by atoms with Gasteiger partial charge in [0.25, 0.3) is 0 Å². The summed E-state index contributed by atoms with van der Waals surface area (Å²) >= 11 is 0. The number of rotatable bonds is 3. The van der Waals surface area contributed by atoms with Gasteiger partial charge in [-0.1, -0.05) is 40.2 Å². The lowest BCUT2D eigenvalue weighted by atomic mass is 9.95. The maximum Gasteiger partial charge on any atom is 0.314 e. The van der Waals surface area contributed by atoms with Gasteiger partial charge >= 0.3 is 10.2 Å². The summed E-state index contributed by atoms with van der Waals surface area (Å²) in [6.45, 7) is 4.78. The summed E-state index contributed by atoms with van der Waals surface area (Å²) in [6, 6.07) is 0. The minimum absolute atomic E-state index is 0.123. The van der Waals surface area contributed by atoms with Crippen LogP contribution in [0.2, 0.25) is 0 Å². The highest BCUT2D eigenvalue weighted by atomic mass is 32.5. The number of methoxy groups -OCH3 is 2. The second-order valence-electron chi connectivity index (χ2n) is 6.58. The van der Waals surface area contributed by atoms with Crippen molar-refractivity contribution in [3.8, 4) is 11.5 Å². The largest absolute Gasteiger partial charge is 0.491 e. The average Bonchev–Trinajstić information content (AvgIpc) is 2.43. The zero-order chi connectivity index (χ0) is 20.4. The van der Waals surface area contributed by atoms with Gasteiger partial charge in [-0.25, -0.2) is 14.4 Å². The van der Waals surface area contributed by atoms with Crippen LogP contribution < -0.4 is 15.2 Å². The van der Waals surface area contributed by atoms with E-state index in [9.17, 15) is 23.8 Å².